The fourth-order valence-corrected chi connectivity index (χ4v) is 7.30. The topological polar surface area (TPSA) is 117 Å². The van der Waals surface area contributed by atoms with Crippen molar-refractivity contribution in [1.29, 1.82) is 0 Å². The van der Waals surface area contributed by atoms with E-state index in [-0.39, 0.29) is 29.1 Å². The number of hydrogen-bond donors (Lipinski definition) is 2. The summed E-state index contributed by atoms with van der Waals surface area (Å²) >= 11 is -0.251. The molecule has 0 amide bonds. The maximum atomic E-state index is 15.6. The highest BCUT2D eigenvalue weighted by Gasteiger charge is 2.25. The van der Waals surface area contributed by atoms with Crippen LogP contribution in [0.1, 0.15) is 16.9 Å². The maximum absolute atomic E-state index is 15.6. The molecule has 0 radical (unpaired) electrons. The molecule has 4 heterocycles. The average Bonchev–Trinajstić information content (AvgIpc) is 3.75. The van der Waals surface area contributed by atoms with Gasteiger partial charge in [-0.1, -0.05) is 24.3 Å². The van der Waals surface area contributed by atoms with Gasteiger partial charge in [0.05, 0.1) is 28.9 Å². The van der Waals surface area contributed by atoms with E-state index < -0.39 is 22.6 Å². The number of hydrogen-bond acceptors (Lipinski definition) is 9. The molecule has 2 N–H and O–H groups in total. The van der Waals surface area contributed by atoms with Gasteiger partial charge >= 0.3 is 0 Å². The SMILES string of the molecule is Cc1scnc1-c1cc2cnc(Nc3ccc(OC4CCNC4)cc3)nc2n(Cc2c(F)cccc2[S+]([O-])c2ccccc2)c1=O. The molecule has 0 aliphatic carbocycles. The van der Waals surface area contributed by atoms with E-state index in [0.29, 0.717) is 27.2 Å². The number of thiazole rings is 1. The molecule has 1 saturated heterocycles. The van der Waals surface area contributed by atoms with Crippen molar-refractivity contribution in [3.8, 4) is 17.0 Å². The Bertz CT molecular complexity index is 2060. The van der Waals surface area contributed by atoms with Crippen molar-refractivity contribution in [1.82, 2.24) is 24.8 Å². The van der Waals surface area contributed by atoms with Gasteiger partial charge in [-0.15, -0.1) is 11.3 Å². The smallest absolute Gasteiger partial charge is 0.262 e. The molecular weight excluding hydrogens is 624 g/mol. The molecule has 3 aromatic carbocycles. The van der Waals surface area contributed by atoms with Gasteiger partial charge in [0.1, 0.15) is 23.3 Å². The van der Waals surface area contributed by atoms with Gasteiger partial charge in [0.25, 0.3) is 5.56 Å². The summed E-state index contributed by atoms with van der Waals surface area (Å²) in [4.78, 5) is 29.5. The Hall–Kier alpha value is -4.62. The first-order chi connectivity index (χ1) is 22.4. The van der Waals surface area contributed by atoms with Crippen molar-refractivity contribution >= 4 is 45.2 Å². The summed E-state index contributed by atoms with van der Waals surface area (Å²) in [5.74, 6) is 0.458. The molecule has 46 heavy (non-hydrogen) atoms. The zero-order valence-corrected chi connectivity index (χ0v) is 26.4. The van der Waals surface area contributed by atoms with E-state index in [4.69, 9.17) is 9.72 Å². The third-order valence-corrected chi connectivity index (χ3v) is 10.0. The Balaban J connectivity index is 1.29. The maximum Gasteiger partial charge on any atom is 0.262 e. The summed E-state index contributed by atoms with van der Waals surface area (Å²) in [5.41, 5.74) is 3.36. The number of rotatable bonds is 9. The standard InChI is InChI=1S/C34H29FN6O3S2/c1-21-31(38-20-45-21)27-16-22-17-37-34(39-23-10-12-24(13-11-23)44-25-14-15-36-18-25)40-32(22)41(33(27)42)19-28-29(35)8-5-9-30(28)46(43)26-6-3-2-4-7-26/h2-13,16-17,20,25,36H,14-15,18-19H2,1H3,(H,37,39,40). The number of anilines is 2. The predicted octanol–water partition coefficient (Wildman–Crippen LogP) is 6.06. The minimum atomic E-state index is -1.68. The number of benzene rings is 3. The Morgan fingerprint density at radius 2 is 1.93 bits per heavy atom. The number of nitrogens with zero attached hydrogens (tertiary/aromatic N) is 4. The number of fused-ring (bicyclic) bond motifs is 1. The lowest BCUT2D eigenvalue weighted by atomic mass is 10.1. The molecule has 6 aromatic rings. The van der Waals surface area contributed by atoms with Crippen molar-refractivity contribution in [2.24, 2.45) is 0 Å². The lowest BCUT2D eigenvalue weighted by molar-refractivity contribution is 0.223. The molecule has 0 spiro atoms. The molecule has 1 fully saturated rings. The van der Waals surface area contributed by atoms with Crippen molar-refractivity contribution in [2.45, 2.75) is 35.8 Å². The summed E-state index contributed by atoms with van der Waals surface area (Å²) < 4.78 is 36.7. The summed E-state index contributed by atoms with van der Waals surface area (Å²) in [6.45, 7) is 3.46. The van der Waals surface area contributed by atoms with Gasteiger partial charge < -0.3 is 19.9 Å². The first-order valence-corrected chi connectivity index (χ1v) is 16.8. The van der Waals surface area contributed by atoms with E-state index in [2.05, 4.69) is 20.6 Å². The molecule has 3 aromatic heterocycles. The van der Waals surface area contributed by atoms with Crippen LogP contribution in [0.3, 0.4) is 0 Å². The van der Waals surface area contributed by atoms with E-state index in [1.165, 1.54) is 28.0 Å². The minimum Gasteiger partial charge on any atom is -0.606 e. The van der Waals surface area contributed by atoms with Gasteiger partial charge in [0.15, 0.2) is 9.79 Å². The number of aryl methyl sites for hydroxylation is 1. The molecule has 1 aliphatic rings. The van der Waals surface area contributed by atoms with Crippen LogP contribution in [0.15, 0.2) is 105 Å². The van der Waals surface area contributed by atoms with Crippen LogP contribution in [-0.2, 0) is 17.7 Å². The van der Waals surface area contributed by atoms with Crippen molar-refractivity contribution in [3.63, 3.8) is 0 Å². The Morgan fingerprint density at radius 3 is 2.67 bits per heavy atom. The van der Waals surface area contributed by atoms with Crippen LogP contribution in [0.4, 0.5) is 16.0 Å². The van der Waals surface area contributed by atoms with Crippen LogP contribution in [0.25, 0.3) is 22.3 Å². The lowest BCUT2D eigenvalue weighted by Crippen LogP contribution is -2.25. The molecule has 12 heteroatoms. The first-order valence-electron chi connectivity index (χ1n) is 14.7. The number of pyridine rings is 1. The number of nitrogens with one attached hydrogen (secondary N) is 2. The van der Waals surface area contributed by atoms with Gasteiger partial charge in [-0.05, 0) is 74.5 Å². The number of ether oxygens (including phenoxy) is 1. The van der Waals surface area contributed by atoms with Crippen LogP contribution in [0.5, 0.6) is 5.75 Å². The van der Waals surface area contributed by atoms with Crippen LogP contribution < -0.4 is 20.9 Å². The third kappa shape index (κ3) is 6.12. The van der Waals surface area contributed by atoms with Crippen molar-refractivity contribution in [3.05, 3.63) is 117 Å². The zero-order valence-electron chi connectivity index (χ0n) is 24.8. The molecule has 0 bridgehead atoms. The van der Waals surface area contributed by atoms with E-state index >= 15 is 4.39 Å². The highest BCUT2D eigenvalue weighted by Crippen LogP contribution is 2.29. The number of halogens is 1. The summed E-state index contributed by atoms with van der Waals surface area (Å²) in [7, 11) is 0. The van der Waals surface area contributed by atoms with E-state index in [1.807, 2.05) is 37.3 Å². The van der Waals surface area contributed by atoms with Gasteiger partial charge in [-0.2, -0.15) is 4.98 Å². The van der Waals surface area contributed by atoms with Gasteiger partial charge in [0, 0.05) is 39.9 Å². The van der Waals surface area contributed by atoms with Crippen LogP contribution in [0, 0.1) is 12.7 Å². The highest BCUT2D eigenvalue weighted by atomic mass is 32.2. The second-order valence-corrected chi connectivity index (χ2v) is 13.4. The van der Waals surface area contributed by atoms with Crippen molar-refractivity contribution in [2.75, 3.05) is 18.4 Å². The fourth-order valence-electron chi connectivity index (χ4n) is 5.46. The fraction of sp³-hybridized carbons (Fsp3) is 0.176. The summed E-state index contributed by atoms with van der Waals surface area (Å²) in [5, 5.41) is 7.07. The van der Waals surface area contributed by atoms with Crippen molar-refractivity contribution < 1.29 is 13.7 Å². The van der Waals surface area contributed by atoms with E-state index in [0.717, 1.165) is 35.8 Å². The Labute approximate surface area is 271 Å². The van der Waals surface area contributed by atoms with Gasteiger partial charge in [0.2, 0.25) is 5.95 Å². The lowest BCUT2D eigenvalue weighted by Gasteiger charge is -2.17. The van der Waals surface area contributed by atoms with E-state index in [9.17, 15) is 9.35 Å². The van der Waals surface area contributed by atoms with E-state index in [1.54, 1.807) is 48.1 Å². The van der Waals surface area contributed by atoms with Gasteiger partial charge in [-0.3, -0.25) is 9.36 Å². The summed E-state index contributed by atoms with van der Waals surface area (Å²) in [6, 6.07) is 22.5. The largest absolute Gasteiger partial charge is 0.606 e. The molecule has 9 nitrogen and oxygen atoms in total. The minimum absolute atomic E-state index is 0.140. The monoisotopic (exact) mass is 652 g/mol. The third-order valence-electron chi connectivity index (χ3n) is 7.80. The average molecular weight is 653 g/mol. The molecule has 232 valence electrons. The Kier molecular flexibility index (Phi) is 8.50. The highest BCUT2D eigenvalue weighted by molar-refractivity contribution is 7.91. The van der Waals surface area contributed by atoms with Crippen LogP contribution >= 0.6 is 11.3 Å². The first kappa shape index (κ1) is 30.1. The zero-order chi connectivity index (χ0) is 31.6. The normalized spacial score (nSPS) is 15.2. The molecular formula is C34H29FN6O3S2. The van der Waals surface area contributed by atoms with Crippen LogP contribution in [0.2, 0.25) is 0 Å². The molecule has 0 saturated carbocycles. The molecule has 7 rings (SSSR count). The number of aromatic nitrogens is 4. The Morgan fingerprint density at radius 1 is 1.11 bits per heavy atom. The predicted molar refractivity (Wildman–Crippen MR) is 178 cm³/mol. The summed E-state index contributed by atoms with van der Waals surface area (Å²) in [6.07, 6.45) is 2.74. The van der Waals surface area contributed by atoms with Gasteiger partial charge in [-0.25, -0.2) is 14.4 Å². The molecule has 2 unspecified atom stereocenters. The quantitative estimate of drug-likeness (QED) is 0.181. The molecule has 2 atom stereocenters. The molecule has 1 aliphatic heterocycles. The van der Waals surface area contributed by atoms with Crippen LogP contribution in [-0.4, -0.2) is 43.3 Å². The second kappa shape index (κ2) is 13.0. The second-order valence-electron chi connectivity index (χ2n) is 10.9.